The molecule has 2 atom stereocenters. The first-order valence-electron chi connectivity index (χ1n) is 13.8. The molecular formula is C29H35N7O3. The van der Waals surface area contributed by atoms with Crippen LogP contribution in [0.15, 0.2) is 53.3 Å². The van der Waals surface area contributed by atoms with Crippen molar-refractivity contribution in [3.63, 3.8) is 0 Å². The van der Waals surface area contributed by atoms with E-state index in [9.17, 15) is 4.79 Å². The number of rotatable bonds is 8. The van der Waals surface area contributed by atoms with Gasteiger partial charge in [-0.25, -0.2) is 4.68 Å². The van der Waals surface area contributed by atoms with E-state index in [4.69, 9.17) is 9.47 Å². The smallest absolute Gasteiger partial charge is 0.253 e. The normalized spacial score (nSPS) is 19.0. The predicted molar refractivity (Wildman–Crippen MR) is 149 cm³/mol. The average Bonchev–Trinajstić information content (AvgIpc) is 3.66. The molecule has 2 aliphatic heterocycles. The van der Waals surface area contributed by atoms with Crippen molar-refractivity contribution in [3.05, 3.63) is 75.8 Å². The first kappa shape index (κ1) is 25.5. The SMILES string of the molecule is CCc1ccc2[nH]c(=O)c(C(c3nnnn3CC3CCCO3)N3CCN(c4ccc(OC)cc4)CC3)cc2c1. The largest absolute Gasteiger partial charge is 0.497 e. The third-order valence-electron chi connectivity index (χ3n) is 7.96. The molecule has 2 unspecified atom stereocenters. The van der Waals surface area contributed by atoms with E-state index < -0.39 is 0 Å². The number of nitrogens with zero attached hydrogens (tertiary/aromatic N) is 6. The van der Waals surface area contributed by atoms with Crippen LogP contribution in [0.25, 0.3) is 10.9 Å². The Morgan fingerprint density at radius 2 is 1.92 bits per heavy atom. The summed E-state index contributed by atoms with van der Waals surface area (Å²) in [6.45, 7) is 6.65. The second-order valence-corrected chi connectivity index (χ2v) is 10.3. The predicted octanol–water partition coefficient (Wildman–Crippen LogP) is 3.18. The standard InChI is InChI=1S/C29H35N7O3/c1-3-20-6-11-26-21(17-20)18-25(29(37)30-26)27(28-31-32-33-36(28)19-24-5-4-16-39-24)35-14-12-34(13-15-35)22-7-9-23(38-2)10-8-22/h6-11,17-18,24,27H,3-5,12-16,19H2,1-2H3,(H,30,37). The van der Waals surface area contributed by atoms with Gasteiger partial charge in [0.15, 0.2) is 5.82 Å². The molecule has 2 aliphatic rings. The summed E-state index contributed by atoms with van der Waals surface area (Å²) in [6.07, 6.45) is 3.05. The molecule has 4 aromatic rings. The molecule has 4 heterocycles. The van der Waals surface area contributed by atoms with Crippen molar-refractivity contribution in [2.75, 3.05) is 44.8 Å². The number of nitrogens with one attached hydrogen (secondary N) is 1. The van der Waals surface area contributed by atoms with Crippen LogP contribution in [-0.2, 0) is 17.7 Å². The molecule has 0 aliphatic carbocycles. The minimum atomic E-state index is -0.377. The third-order valence-corrected chi connectivity index (χ3v) is 7.96. The van der Waals surface area contributed by atoms with Crippen LogP contribution >= 0.6 is 0 Å². The van der Waals surface area contributed by atoms with Crippen LogP contribution in [0.5, 0.6) is 5.75 Å². The van der Waals surface area contributed by atoms with Crippen LogP contribution < -0.4 is 15.2 Å². The maximum atomic E-state index is 13.6. The summed E-state index contributed by atoms with van der Waals surface area (Å²) in [5.74, 6) is 1.53. The highest BCUT2D eigenvalue weighted by atomic mass is 16.5. The molecule has 2 saturated heterocycles. The maximum Gasteiger partial charge on any atom is 0.253 e. The van der Waals surface area contributed by atoms with Gasteiger partial charge in [0.05, 0.1) is 19.8 Å². The van der Waals surface area contributed by atoms with Crippen LogP contribution in [-0.4, -0.2) is 76.1 Å². The molecule has 0 amide bonds. The molecule has 39 heavy (non-hydrogen) atoms. The fourth-order valence-electron chi connectivity index (χ4n) is 5.75. The van der Waals surface area contributed by atoms with Gasteiger partial charge in [0.2, 0.25) is 0 Å². The highest BCUT2D eigenvalue weighted by Crippen LogP contribution is 2.30. The Hall–Kier alpha value is -3.76. The van der Waals surface area contributed by atoms with Crippen LogP contribution in [0.4, 0.5) is 5.69 Å². The van der Waals surface area contributed by atoms with E-state index in [1.807, 2.05) is 28.9 Å². The summed E-state index contributed by atoms with van der Waals surface area (Å²) in [4.78, 5) is 21.4. The molecule has 0 bridgehead atoms. The van der Waals surface area contributed by atoms with E-state index in [2.05, 4.69) is 61.5 Å². The zero-order chi connectivity index (χ0) is 26.8. The molecule has 204 valence electrons. The maximum absolute atomic E-state index is 13.6. The Morgan fingerprint density at radius 3 is 2.64 bits per heavy atom. The Kier molecular flexibility index (Phi) is 7.30. The van der Waals surface area contributed by atoms with Crippen molar-refractivity contribution in [2.24, 2.45) is 0 Å². The van der Waals surface area contributed by atoms with Gasteiger partial charge in [-0.15, -0.1) is 5.10 Å². The van der Waals surface area contributed by atoms with Crippen LogP contribution in [0.2, 0.25) is 0 Å². The quantitative estimate of drug-likeness (QED) is 0.372. The van der Waals surface area contributed by atoms with E-state index in [1.54, 1.807) is 7.11 Å². The lowest BCUT2D eigenvalue weighted by molar-refractivity contribution is 0.0906. The number of H-pyrrole nitrogens is 1. The summed E-state index contributed by atoms with van der Waals surface area (Å²) in [5, 5.41) is 13.9. The highest BCUT2D eigenvalue weighted by molar-refractivity contribution is 5.80. The van der Waals surface area contributed by atoms with Gasteiger partial charge in [0.25, 0.3) is 5.56 Å². The second-order valence-electron chi connectivity index (χ2n) is 10.3. The number of anilines is 1. The summed E-state index contributed by atoms with van der Waals surface area (Å²) < 4.78 is 13.0. The van der Waals surface area contributed by atoms with E-state index in [0.29, 0.717) is 17.9 Å². The zero-order valence-corrected chi connectivity index (χ0v) is 22.5. The Labute approximate surface area is 227 Å². The minimum Gasteiger partial charge on any atom is -0.497 e. The highest BCUT2D eigenvalue weighted by Gasteiger charge is 2.33. The lowest BCUT2D eigenvalue weighted by atomic mass is 10.0. The van der Waals surface area contributed by atoms with Crippen molar-refractivity contribution < 1.29 is 9.47 Å². The number of ether oxygens (including phenoxy) is 2. The van der Waals surface area contributed by atoms with E-state index >= 15 is 0 Å². The van der Waals surface area contributed by atoms with Crippen molar-refractivity contribution in [2.45, 2.75) is 44.9 Å². The van der Waals surface area contributed by atoms with Gasteiger partial charge >= 0.3 is 0 Å². The molecule has 10 nitrogen and oxygen atoms in total. The van der Waals surface area contributed by atoms with E-state index in [0.717, 1.165) is 74.4 Å². The van der Waals surface area contributed by atoms with Gasteiger partial charge < -0.3 is 19.4 Å². The van der Waals surface area contributed by atoms with Crippen molar-refractivity contribution in [1.82, 2.24) is 30.1 Å². The molecule has 2 fully saturated rings. The molecule has 0 radical (unpaired) electrons. The molecule has 1 N–H and O–H groups in total. The first-order chi connectivity index (χ1) is 19.1. The van der Waals surface area contributed by atoms with E-state index in [-0.39, 0.29) is 17.7 Å². The zero-order valence-electron chi connectivity index (χ0n) is 22.5. The molecular weight excluding hydrogens is 494 g/mol. The summed E-state index contributed by atoms with van der Waals surface area (Å²) in [6, 6.07) is 16.0. The van der Waals surface area contributed by atoms with Crippen molar-refractivity contribution >= 4 is 16.6 Å². The second kappa shape index (κ2) is 11.2. The number of hydrogen-bond donors (Lipinski definition) is 1. The fourth-order valence-corrected chi connectivity index (χ4v) is 5.75. The number of tetrazole rings is 1. The van der Waals surface area contributed by atoms with Crippen LogP contribution in [0.1, 0.15) is 42.8 Å². The van der Waals surface area contributed by atoms with Gasteiger partial charge in [-0.1, -0.05) is 13.0 Å². The molecule has 2 aromatic heterocycles. The van der Waals surface area contributed by atoms with Gasteiger partial charge in [-0.05, 0) is 83.1 Å². The topological polar surface area (TPSA) is 101 Å². The Balaban J connectivity index is 1.35. The fraction of sp³-hybridized carbons (Fsp3) is 0.448. The summed E-state index contributed by atoms with van der Waals surface area (Å²) in [7, 11) is 1.68. The van der Waals surface area contributed by atoms with Crippen molar-refractivity contribution in [1.29, 1.82) is 0 Å². The molecule has 2 aromatic carbocycles. The number of methoxy groups -OCH3 is 1. The Morgan fingerprint density at radius 1 is 1.10 bits per heavy atom. The average molecular weight is 530 g/mol. The lowest BCUT2D eigenvalue weighted by Crippen LogP contribution is -2.49. The number of piperazine rings is 1. The first-order valence-corrected chi connectivity index (χ1v) is 13.8. The van der Waals surface area contributed by atoms with Gasteiger partial charge in [-0.3, -0.25) is 9.69 Å². The Bertz CT molecular complexity index is 1470. The number of benzene rings is 2. The van der Waals surface area contributed by atoms with Crippen molar-refractivity contribution in [3.8, 4) is 5.75 Å². The number of aryl methyl sites for hydroxylation is 1. The minimum absolute atomic E-state index is 0.0850. The number of hydrogen-bond acceptors (Lipinski definition) is 8. The molecule has 6 rings (SSSR count). The monoisotopic (exact) mass is 529 g/mol. The van der Waals surface area contributed by atoms with Gasteiger partial charge in [-0.2, -0.15) is 0 Å². The van der Waals surface area contributed by atoms with Gasteiger partial charge in [0.1, 0.15) is 11.8 Å². The lowest BCUT2D eigenvalue weighted by Gasteiger charge is -2.39. The molecule has 0 saturated carbocycles. The van der Waals surface area contributed by atoms with E-state index in [1.165, 1.54) is 5.56 Å². The summed E-state index contributed by atoms with van der Waals surface area (Å²) >= 11 is 0. The number of aromatic nitrogens is 5. The number of fused-ring (bicyclic) bond motifs is 1. The third kappa shape index (κ3) is 5.26. The van der Waals surface area contributed by atoms with Gasteiger partial charge in [0, 0.05) is 49.6 Å². The number of aromatic amines is 1. The molecule has 10 heteroatoms. The number of pyridine rings is 1. The van der Waals surface area contributed by atoms with Crippen LogP contribution in [0.3, 0.4) is 0 Å². The summed E-state index contributed by atoms with van der Waals surface area (Å²) in [5.41, 5.74) is 3.78. The van der Waals surface area contributed by atoms with Crippen LogP contribution in [0, 0.1) is 0 Å². The molecule has 0 spiro atoms.